The molecule has 0 radical (unpaired) electrons. The third-order valence-corrected chi connectivity index (χ3v) is 5.29. The summed E-state index contributed by atoms with van der Waals surface area (Å²) in [5.41, 5.74) is 1.49. The van der Waals surface area contributed by atoms with E-state index in [1.165, 1.54) is 99.8 Å². The summed E-state index contributed by atoms with van der Waals surface area (Å²) < 4.78 is 0. The van der Waals surface area contributed by atoms with Crippen LogP contribution < -0.4 is 0 Å². The Kier molecular flexibility index (Phi) is 10.9. The molecule has 0 aliphatic carbocycles. The van der Waals surface area contributed by atoms with Crippen molar-refractivity contribution in [3.8, 4) is 0 Å². The van der Waals surface area contributed by atoms with E-state index in [1.54, 1.807) is 0 Å². The molecule has 26 heavy (non-hydrogen) atoms. The van der Waals surface area contributed by atoms with Gasteiger partial charge in [0.2, 0.25) is 0 Å². The van der Waals surface area contributed by atoms with Gasteiger partial charge in [0.15, 0.2) is 0 Å². The van der Waals surface area contributed by atoms with E-state index in [0.29, 0.717) is 0 Å². The van der Waals surface area contributed by atoms with E-state index in [-0.39, 0.29) is 0 Å². The van der Waals surface area contributed by atoms with E-state index in [4.69, 9.17) is 0 Å². The van der Waals surface area contributed by atoms with Gasteiger partial charge in [-0.15, -0.1) is 0 Å². The first-order chi connectivity index (χ1) is 12.9. The Morgan fingerprint density at radius 3 is 1.96 bits per heavy atom. The lowest BCUT2D eigenvalue weighted by atomic mass is 10.0. The first-order valence-corrected chi connectivity index (χ1v) is 11.0. The average Bonchev–Trinajstić information content (AvgIpc) is 2.68. The lowest BCUT2D eigenvalue weighted by Crippen LogP contribution is -1.86. The van der Waals surface area contributed by atoms with Crippen LogP contribution in [0.5, 0.6) is 0 Å². The van der Waals surface area contributed by atoms with Gasteiger partial charge in [-0.3, -0.25) is 0 Å². The maximum Gasteiger partial charge on any atom is -0.0181 e. The summed E-state index contributed by atoms with van der Waals surface area (Å²) in [7, 11) is 0. The Labute approximate surface area is 161 Å². The number of hydrogen-bond donors (Lipinski definition) is 0. The van der Waals surface area contributed by atoms with Crippen LogP contribution in [0.15, 0.2) is 54.6 Å². The Hall–Kier alpha value is -1.56. The van der Waals surface area contributed by atoms with Crippen molar-refractivity contribution in [3.63, 3.8) is 0 Å². The first kappa shape index (κ1) is 20.7. The van der Waals surface area contributed by atoms with Gasteiger partial charge >= 0.3 is 0 Å². The van der Waals surface area contributed by atoms with Crippen molar-refractivity contribution in [2.45, 2.75) is 90.4 Å². The summed E-state index contributed by atoms with van der Waals surface area (Å²) >= 11 is 0. The summed E-state index contributed by atoms with van der Waals surface area (Å²) in [6.45, 7) is 2.28. The van der Waals surface area contributed by atoms with Crippen molar-refractivity contribution in [2.24, 2.45) is 0 Å². The summed E-state index contributed by atoms with van der Waals surface area (Å²) in [5.74, 6) is 0. The van der Waals surface area contributed by atoms with Gasteiger partial charge in [-0.2, -0.15) is 0 Å². The van der Waals surface area contributed by atoms with Gasteiger partial charge in [0.1, 0.15) is 0 Å². The molecule has 2 aromatic carbocycles. The Balaban J connectivity index is 1.44. The molecule has 2 aromatic rings. The molecule has 0 unspecified atom stereocenters. The molecule has 2 rings (SSSR count). The van der Waals surface area contributed by atoms with Crippen LogP contribution in [0.4, 0.5) is 0 Å². The summed E-state index contributed by atoms with van der Waals surface area (Å²) in [6.07, 6.45) is 22.4. The summed E-state index contributed by atoms with van der Waals surface area (Å²) in [4.78, 5) is 0. The first-order valence-electron chi connectivity index (χ1n) is 11.0. The number of aryl methyl sites for hydroxylation is 1. The quantitative estimate of drug-likeness (QED) is 0.236. The molecule has 0 heterocycles. The van der Waals surface area contributed by atoms with Crippen LogP contribution in [0, 0.1) is 0 Å². The third-order valence-electron chi connectivity index (χ3n) is 5.29. The van der Waals surface area contributed by atoms with Crippen LogP contribution in [0.1, 0.15) is 89.5 Å². The molecule has 0 aromatic heterocycles. The fourth-order valence-electron chi connectivity index (χ4n) is 3.62. The molecule has 0 heteroatoms. The smallest absolute Gasteiger partial charge is 0.0181 e. The highest BCUT2D eigenvalue weighted by atomic mass is 14.0. The lowest BCUT2D eigenvalue weighted by Gasteiger charge is -2.04. The molecule has 142 valence electrons. The normalized spacial score (nSPS) is 11.6. The van der Waals surface area contributed by atoms with E-state index in [9.17, 15) is 0 Å². The zero-order valence-electron chi connectivity index (χ0n) is 16.9. The number of fused-ring (bicyclic) bond motifs is 1. The number of hydrogen-bond acceptors (Lipinski definition) is 0. The second kappa shape index (κ2) is 13.6. The highest BCUT2D eigenvalue weighted by Gasteiger charge is 1.97. The van der Waals surface area contributed by atoms with Crippen LogP contribution in [0.2, 0.25) is 0 Å². The second-order valence-electron chi connectivity index (χ2n) is 7.66. The van der Waals surface area contributed by atoms with E-state index in [2.05, 4.69) is 61.5 Å². The fourth-order valence-corrected chi connectivity index (χ4v) is 3.62. The molecule has 0 atom stereocenters. The topological polar surface area (TPSA) is 0 Å². The second-order valence-corrected chi connectivity index (χ2v) is 7.66. The maximum atomic E-state index is 2.41. The standard InChI is InChI=1S/C26H38/c1-2-3-4-5-6-7-8-9-10-11-12-13-14-15-18-24-21-22-25-19-16-17-20-26(25)23-24/h8-9,16-17,19-23H,2-7,10-15,18H2,1H3/b9-8+. The minimum Gasteiger partial charge on any atom is -0.0885 e. The van der Waals surface area contributed by atoms with Crippen LogP contribution in [0.25, 0.3) is 10.8 Å². The fraction of sp³-hybridized carbons (Fsp3) is 0.538. The molecule has 0 bridgehead atoms. The highest BCUT2D eigenvalue weighted by molar-refractivity contribution is 5.82. The van der Waals surface area contributed by atoms with Crippen LogP contribution in [0.3, 0.4) is 0 Å². The third kappa shape index (κ3) is 8.70. The van der Waals surface area contributed by atoms with Crippen molar-refractivity contribution >= 4 is 10.8 Å². The molecule has 0 aliphatic heterocycles. The van der Waals surface area contributed by atoms with Gasteiger partial charge in [0, 0.05) is 0 Å². The van der Waals surface area contributed by atoms with Crippen molar-refractivity contribution in [1.82, 2.24) is 0 Å². The Bertz CT molecular complexity index is 623. The molecule has 0 saturated carbocycles. The molecule has 0 N–H and O–H groups in total. The number of rotatable bonds is 14. The van der Waals surface area contributed by atoms with Gasteiger partial charge in [-0.1, -0.05) is 106 Å². The molecule has 0 fully saturated rings. The highest BCUT2D eigenvalue weighted by Crippen LogP contribution is 2.17. The van der Waals surface area contributed by atoms with Crippen LogP contribution in [-0.2, 0) is 6.42 Å². The minimum atomic E-state index is 1.22. The summed E-state index contributed by atoms with van der Waals surface area (Å²) in [6, 6.07) is 15.6. The molecule has 0 amide bonds. The number of benzene rings is 2. The zero-order chi connectivity index (χ0) is 18.3. The predicted molar refractivity (Wildman–Crippen MR) is 118 cm³/mol. The van der Waals surface area contributed by atoms with E-state index in [1.807, 2.05) is 0 Å². The molecule has 0 nitrogen and oxygen atoms in total. The average molecular weight is 351 g/mol. The molecular weight excluding hydrogens is 312 g/mol. The van der Waals surface area contributed by atoms with Gasteiger partial charge in [-0.25, -0.2) is 0 Å². The van der Waals surface area contributed by atoms with Gasteiger partial charge in [0.25, 0.3) is 0 Å². The van der Waals surface area contributed by atoms with Gasteiger partial charge < -0.3 is 0 Å². The van der Waals surface area contributed by atoms with Crippen LogP contribution in [-0.4, -0.2) is 0 Å². The largest absolute Gasteiger partial charge is 0.0885 e. The van der Waals surface area contributed by atoms with E-state index in [0.717, 1.165) is 0 Å². The van der Waals surface area contributed by atoms with Crippen molar-refractivity contribution in [2.75, 3.05) is 0 Å². The van der Waals surface area contributed by atoms with E-state index < -0.39 is 0 Å². The van der Waals surface area contributed by atoms with Crippen molar-refractivity contribution in [3.05, 3.63) is 60.2 Å². The van der Waals surface area contributed by atoms with E-state index >= 15 is 0 Å². The SMILES string of the molecule is CCCCCCC/C=C/CCCCCCCc1ccc2ccccc2c1. The van der Waals surface area contributed by atoms with Gasteiger partial charge in [0.05, 0.1) is 0 Å². The monoisotopic (exact) mass is 350 g/mol. The number of unbranched alkanes of at least 4 members (excludes halogenated alkanes) is 10. The lowest BCUT2D eigenvalue weighted by molar-refractivity contribution is 0.616. The zero-order valence-corrected chi connectivity index (χ0v) is 16.9. The predicted octanol–water partition coefficient (Wildman–Crippen LogP) is 8.64. The Morgan fingerprint density at radius 1 is 0.615 bits per heavy atom. The minimum absolute atomic E-state index is 1.22. The Morgan fingerprint density at radius 2 is 1.23 bits per heavy atom. The molecule has 0 aliphatic rings. The number of allylic oxidation sites excluding steroid dienone is 2. The summed E-state index contributed by atoms with van der Waals surface area (Å²) in [5, 5.41) is 2.73. The van der Waals surface area contributed by atoms with Gasteiger partial charge in [-0.05, 0) is 54.9 Å². The molecule has 0 saturated heterocycles. The molecule has 0 spiro atoms. The van der Waals surface area contributed by atoms with Crippen molar-refractivity contribution < 1.29 is 0 Å². The van der Waals surface area contributed by atoms with Crippen LogP contribution >= 0.6 is 0 Å². The maximum absolute atomic E-state index is 2.41. The molecular formula is C26H38. The van der Waals surface area contributed by atoms with Crippen molar-refractivity contribution in [1.29, 1.82) is 0 Å².